The third-order valence-corrected chi connectivity index (χ3v) is 5.49. The molecule has 1 aromatic rings. The smallest absolute Gasteiger partial charge is 0.0716 e. The molecule has 1 aliphatic carbocycles. The first kappa shape index (κ1) is 15.1. The van der Waals surface area contributed by atoms with Crippen LogP contribution >= 0.6 is 15.9 Å². The summed E-state index contributed by atoms with van der Waals surface area (Å²) in [6.07, 6.45) is 9.56. The zero-order chi connectivity index (χ0) is 13.4. The van der Waals surface area contributed by atoms with E-state index in [0.29, 0.717) is 5.41 Å². The van der Waals surface area contributed by atoms with Gasteiger partial charge in [0, 0.05) is 11.9 Å². The van der Waals surface area contributed by atoms with Crippen LogP contribution < -0.4 is 0 Å². The molecule has 1 fully saturated rings. The zero-order valence-electron chi connectivity index (χ0n) is 11.7. The first-order valence-electron chi connectivity index (χ1n) is 7.52. The Morgan fingerprint density at radius 3 is 2.47 bits per heavy atom. The number of hydrogen-bond donors (Lipinski definition) is 0. The van der Waals surface area contributed by atoms with Crippen LogP contribution in [0.25, 0.3) is 0 Å². The van der Waals surface area contributed by atoms with Crippen LogP contribution in [-0.2, 0) is 11.3 Å². The van der Waals surface area contributed by atoms with Gasteiger partial charge in [-0.3, -0.25) is 0 Å². The summed E-state index contributed by atoms with van der Waals surface area (Å²) in [5.41, 5.74) is 1.84. The van der Waals surface area contributed by atoms with E-state index in [1.807, 2.05) is 6.07 Å². The van der Waals surface area contributed by atoms with E-state index in [4.69, 9.17) is 4.74 Å². The van der Waals surface area contributed by atoms with Gasteiger partial charge in [0.05, 0.1) is 6.61 Å². The molecule has 0 bridgehead atoms. The van der Waals surface area contributed by atoms with Gasteiger partial charge in [-0.25, -0.2) is 0 Å². The normalized spacial score (nSPS) is 18.4. The summed E-state index contributed by atoms with van der Waals surface area (Å²) in [6.45, 7) is 1.64. The molecule has 0 spiro atoms. The van der Waals surface area contributed by atoms with E-state index in [9.17, 15) is 0 Å². The third-order valence-electron chi connectivity index (χ3n) is 4.31. The molecule has 0 unspecified atom stereocenters. The van der Waals surface area contributed by atoms with Gasteiger partial charge in [-0.15, -0.1) is 0 Å². The Balaban J connectivity index is 1.63. The van der Waals surface area contributed by atoms with Crippen LogP contribution in [0.15, 0.2) is 30.3 Å². The molecule has 0 N–H and O–H groups in total. The summed E-state index contributed by atoms with van der Waals surface area (Å²) in [5.74, 6) is 0. The Labute approximate surface area is 125 Å². The Kier molecular flexibility index (Phi) is 6.39. The Morgan fingerprint density at radius 1 is 1.05 bits per heavy atom. The quantitative estimate of drug-likeness (QED) is 0.486. The summed E-state index contributed by atoms with van der Waals surface area (Å²) in [5, 5.41) is 1.17. The number of hydrogen-bond acceptors (Lipinski definition) is 1. The summed E-state index contributed by atoms with van der Waals surface area (Å²) < 4.78 is 5.78. The summed E-state index contributed by atoms with van der Waals surface area (Å²) in [4.78, 5) is 0. The maximum atomic E-state index is 5.78. The SMILES string of the molecule is BrCC1(CCCOCc2ccccc2)CCCCC1. The largest absolute Gasteiger partial charge is 0.377 e. The lowest BCUT2D eigenvalue weighted by atomic mass is 9.73. The number of rotatable bonds is 7. The van der Waals surface area contributed by atoms with Gasteiger partial charge < -0.3 is 4.74 Å². The zero-order valence-corrected chi connectivity index (χ0v) is 13.3. The average Bonchev–Trinajstić information content (AvgIpc) is 2.49. The number of halogens is 1. The molecule has 0 aliphatic heterocycles. The highest BCUT2D eigenvalue weighted by Crippen LogP contribution is 2.41. The van der Waals surface area contributed by atoms with E-state index in [2.05, 4.69) is 40.2 Å². The summed E-state index contributed by atoms with van der Waals surface area (Å²) >= 11 is 3.73. The molecular formula is C17H25BrO. The second-order valence-electron chi connectivity index (χ2n) is 5.84. The van der Waals surface area contributed by atoms with Crippen molar-refractivity contribution in [1.29, 1.82) is 0 Å². The van der Waals surface area contributed by atoms with Crippen molar-refractivity contribution in [3.8, 4) is 0 Å². The molecule has 0 atom stereocenters. The van der Waals surface area contributed by atoms with E-state index in [1.54, 1.807) is 0 Å². The molecule has 0 saturated heterocycles. The minimum atomic E-state index is 0.564. The van der Waals surface area contributed by atoms with Crippen molar-refractivity contribution in [2.45, 2.75) is 51.6 Å². The lowest BCUT2D eigenvalue weighted by Gasteiger charge is -2.35. The monoisotopic (exact) mass is 324 g/mol. The second-order valence-corrected chi connectivity index (χ2v) is 6.40. The van der Waals surface area contributed by atoms with Gasteiger partial charge in [0.1, 0.15) is 0 Å². The standard InChI is InChI=1S/C17H25BrO/c18-15-17(10-5-2-6-11-17)12-7-13-19-14-16-8-3-1-4-9-16/h1,3-4,8-9H,2,5-7,10-15H2. The molecule has 2 heteroatoms. The fraction of sp³-hybridized carbons (Fsp3) is 0.647. The Bertz CT molecular complexity index is 344. The van der Waals surface area contributed by atoms with Crippen LogP contribution in [0.3, 0.4) is 0 Å². The van der Waals surface area contributed by atoms with Gasteiger partial charge in [-0.1, -0.05) is 65.5 Å². The predicted octanol–water partition coefficient (Wildman–Crippen LogP) is 5.33. The van der Waals surface area contributed by atoms with Gasteiger partial charge in [0.25, 0.3) is 0 Å². The molecule has 2 rings (SSSR count). The van der Waals surface area contributed by atoms with E-state index in [1.165, 1.54) is 55.8 Å². The maximum absolute atomic E-state index is 5.78. The van der Waals surface area contributed by atoms with Crippen LogP contribution in [0.5, 0.6) is 0 Å². The molecule has 1 nitrogen and oxygen atoms in total. The maximum Gasteiger partial charge on any atom is 0.0716 e. The van der Waals surface area contributed by atoms with E-state index >= 15 is 0 Å². The van der Waals surface area contributed by atoms with Gasteiger partial charge in [-0.05, 0) is 36.7 Å². The molecule has 19 heavy (non-hydrogen) atoms. The Hall–Kier alpha value is -0.340. The molecular weight excluding hydrogens is 300 g/mol. The minimum Gasteiger partial charge on any atom is -0.377 e. The van der Waals surface area contributed by atoms with Crippen molar-refractivity contribution < 1.29 is 4.74 Å². The molecule has 1 aromatic carbocycles. The van der Waals surface area contributed by atoms with Crippen LogP contribution in [-0.4, -0.2) is 11.9 Å². The molecule has 1 saturated carbocycles. The highest BCUT2D eigenvalue weighted by Gasteiger charge is 2.30. The van der Waals surface area contributed by atoms with Crippen molar-refractivity contribution in [3.63, 3.8) is 0 Å². The van der Waals surface area contributed by atoms with Gasteiger partial charge in [0.15, 0.2) is 0 Å². The Morgan fingerprint density at radius 2 is 1.79 bits per heavy atom. The third kappa shape index (κ3) is 4.92. The topological polar surface area (TPSA) is 9.23 Å². The van der Waals surface area contributed by atoms with Crippen LogP contribution in [0.2, 0.25) is 0 Å². The van der Waals surface area contributed by atoms with Crippen molar-refractivity contribution >= 4 is 15.9 Å². The number of alkyl halides is 1. The molecule has 0 aromatic heterocycles. The summed E-state index contributed by atoms with van der Waals surface area (Å²) in [7, 11) is 0. The van der Waals surface area contributed by atoms with Crippen LogP contribution in [0.1, 0.15) is 50.5 Å². The van der Waals surface area contributed by atoms with E-state index in [0.717, 1.165) is 13.2 Å². The van der Waals surface area contributed by atoms with Crippen LogP contribution in [0, 0.1) is 5.41 Å². The fourth-order valence-electron chi connectivity index (χ4n) is 3.07. The minimum absolute atomic E-state index is 0.564. The average molecular weight is 325 g/mol. The van der Waals surface area contributed by atoms with Crippen LogP contribution in [0.4, 0.5) is 0 Å². The molecule has 106 valence electrons. The first-order valence-corrected chi connectivity index (χ1v) is 8.64. The summed E-state index contributed by atoms with van der Waals surface area (Å²) in [6, 6.07) is 10.4. The highest BCUT2D eigenvalue weighted by molar-refractivity contribution is 9.09. The highest BCUT2D eigenvalue weighted by atomic mass is 79.9. The molecule has 0 radical (unpaired) electrons. The molecule has 0 amide bonds. The second kappa shape index (κ2) is 8.06. The molecule has 0 heterocycles. The van der Waals surface area contributed by atoms with Crippen molar-refractivity contribution in [2.75, 3.05) is 11.9 Å². The fourth-order valence-corrected chi connectivity index (χ4v) is 3.91. The number of benzene rings is 1. The lowest BCUT2D eigenvalue weighted by molar-refractivity contribution is 0.100. The van der Waals surface area contributed by atoms with E-state index < -0.39 is 0 Å². The molecule has 1 aliphatic rings. The van der Waals surface area contributed by atoms with Crippen molar-refractivity contribution in [2.24, 2.45) is 5.41 Å². The predicted molar refractivity (Wildman–Crippen MR) is 84.6 cm³/mol. The van der Waals surface area contributed by atoms with Crippen molar-refractivity contribution in [1.82, 2.24) is 0 Å². The number of ether oxygens (including phenoxy) is 1. The van der Waals surface area contributed by atoms with Gasteiger partial charge in [-0.2, -0.15) is 0 Å². The lowest BCUT2D eigenvalue weighted by Crippen LogP contribution is -2.26. The van der Waals surface area contributed by atoms with Gasteiger partial charge in [0.2, 0.25) is 0 Å². The first-order chi connectivity index (χ1) is 9.35. The van der Waals surface area contributed by atoms with Gasteiger partial charge >= 0.3 is 0 Å². The van der Waals surface area contributed by atoms with E-state index in [-0.39, 0.29) is 0 Å². The van der Waals surface area contributed by atoms with Crippen molar-refractivity contribution in [3.05, 3.63) is 35.9 Å².